The van der Waals surface area contributed by atoms with Crippen molar-refractivity contribution in [1.29, 1.82) is 0 Å². The summed E-state index contributed by atoms with van der Waals surface area (Å²) in [5.74, 6) is 5.22. The normalized spacial score (nSPS) is 9.71. The van der Waals surface area contributed by atoms with Gasteiger partial charge in [-0.25, -0.2) is 0 Å². The highest BCUT2D eigenvalue weighted by Gasteiger charge is 2.06. The molecule has 1 aromatic carbocycles. The highest BCUT2D eigenvalue weighted by molar-refractivity contribution is 6.04. The van der Waals surface area contributed by atoms with Gasteiger partial charge in [0.25, 0.3) is 5.91 Å². The number of pyridine rings is 1. The summed E-state index contributed by atoms with van der Waals surface area (Å²) in [5, 5.41) is 2.71. The molecular formula is C12H11N3O2. The molecule has 17 heavy (non-hydrogen) atoms. The van der Waals surface area contributed by atoms with Crippen LogP contribution in [0.1, 0.15) is 10.4 Å². The molecule has 5 nitrogen and oxygen atoms in total. The molecule has 0 unspecified atom stereocenters. The number of hydrogen-bond donors (Lipinski definition) is 2. The first-order chi connectivity index (χ1) is 8.29. The van der Waals surface area contributed by atoms with Crippen LogP contribution in [0.2, 0.25) is 0 Å². The average molecular weight is 229 g/mol. The molecule has 1 heterocycles. The molecule has 2 rings (SSSR count). The second kappa shape index (κ2) is 5.09. The SMILES string of the molecule is NOc1cccc(C(=O)Nc2cccnc2)c1. The van der Waals surface area contributed by atoms with E-state index in [0.29, 0.717) is 17.0 Å². The zero-order chi connectivity index (χ0) is 12.1. The molecular weight excluding hydrogens is 218 g/mol. The summed E-state index contributed by atoms with van der Waals surface area (Å²) in [4.78, 5) is 20.3. The zero-order valence-electron chi connectivity index (χ0n) is 8.96. The number of rotatable bonds is 3. The maximum atomic E-state index is 11.8. The van der Waals surface area contributed by atoms with E-state index in [2.05, 4.69) is 15.1 Å². The number of anilines is 1. The number of nitrogens with zero attached hydrogens (tertiary/aromatic N) is 1. The Morgan fingerprint density at radius 2 is 2.18 bits per heavy atom. The molecule has 3 N–H and O–H groups in total. The van der Waals surface area contributed by atoms with Crippen molar-refractivity contribution in [3.8, 4) is 5.75 Å². The minimum Gasteiger partial charge on any atom is -0.412 e. The molecule has 0 fully saturated rings. The van der Waals surface area contributed by atoms with Crippen LogP contribution in [0.25, 0.3) is 0 Å². The minimum atomic E-state index is -0.239. The van der Waals surface area contributed by atoms with Crippen LogP contribution in [0.15, 0.2) is 48.8 Å². The van der Waals surface area contributed by atoms with E-state index in [1.54, 1.807) is 48.8 Å². The van der Waals surface area contributed by atoms with E-state index < -0.39 is 0 Å². The molecule has 0 aliphatic heterocycles. The Labute approximate surface area is 98.2 Å². The Morgan fingerprint density at radius 1 is 1.29 bits per heavy atom. The van der Waals surface area contributed by atoms with Gasteiger partial charge in [0, 0.05) is 11.8 Å². The summed E-state index contributed by atoms with van der Waals surface area (Å²) in [6, 6.07) is 10.1. The fraction of sp³-hybridized carbons (Fsp3) is 0. The Morgan fingerprint density at radius 3 is 2.88 bits per heavy atom. The molecule has 5 heteroatoms. The highest BCUT2D eigenvalue weighted by atomic mass is 16.6. The van der Waals surface area contributed by atoms with Crippen molar-refractivity contribution >= 4 is 11.6 Å². The largest absolute Gasteiger partial charge is 0.412 e. The summed E-state index contributed by atoms with van der Waals surface area (Å²) in [7, 11) is 0. The Balaban J connectivity index is 2.14. The van der Waals surface area contributed by atoms with Crippen LogP contribution in [0.4, 0.5) is 5.69 Å². The second-order valence-electron chi connectivity index (χ2n) is 3.34. The van der Waals surface area contributed by atoms with Crippen LogP contribution in [-0.2, 0) is 0 Å². The van der Waals surface area contributed by atoms with Crippen molar-refractivity contribution in [1.82, 2.24) is 4.98 Å². The summed E-state index contributed by atoms with van der Waals surface area (Å²) >= 11 is 0. The fourth-order valence-corrected chi connectivity index (χ4v) is 1.35. The molecule has 2 aromatic rings. The van der Waals surface area contributed by atoms with Crippen molar-refractivity contribution in [3.05, 3.63) is 54.4 Å². The number of nitrogens with one attached hydrogen (secondary N) is 1. The number of aromatic nitrogens is 1. The van der Waals surface area contributed by atoms with E-state index in [1.165, 1.54) is 0 Å². The first-order valence-corrected chi connectivity index (χ1v) is 4.98. The van der Waals surface area contributed by atoms with Gasteiger partial charge in [0.2, 0.25) is 0 Å². The van der Waals surface area contributed by atoms with Crippen LogP contribution in [0.3, 0.4) is 0 Å². The lowest BCUT2D eigenvalue weighted by atomic mass is 10.2. The van der Waals surface area contributed by atoms with Crippen molar-refractivity contribution in [3.63, 3.8) is 0 Å². The predicted molar refractivity (Wildman–Crippen MR) is 63.4 cm³/mol. The van der Waals surface area contributed by atoms with Crippen LogP contribution < -0.4 is 16.1 Å². The van der Waals surface area contributed by atoms with Crippen molar-refractivity contribution in [2.45, 2.75) is 0 Å². The zero-order valence-corrected chi connectivity index (χ0v) is 8.96. The predicted octanol–water partition coefficient (Wildman–Crippen LogP) is 1.59. The van der Waals surface area contributed by atoms with Gasteiger partial charge < -0.3 is 10.2 Å². The lowest BCUT2D eigenvalue weighted by molar-refractivity contribution is 0.102. The second-order valence-corrected chi connectivity index (χ2v) is 3.34. The van der Waals surface area contributed by atoms with Crippen LogP contribution in [0.5, 0.6) is 5.75 Å². The van der Waals surface area contributed by atoms with E-state index >= 15 is 0 Å². The highest BCUT2D eigenvalue weighted by Crippen LogP contribution is 2.13. The summed E-state index contributed by atoms with van der Waals surface area (Å²) in [5.41, 5.74) is 1.10. The maximum Gasteiger partial charge on any atom is 0.255 e. The molecule has 0 bridgehead atoms. The van der Waals surface area contributed by atoms with Crippen molar-refractivity contribution in [2.24, 2.45) is 5.90 Å². The number of nitrogens with two attached hydrogens (primary N) is 1. The molecule has 1 amide bonds. The number of hydrogen-bond acceptors (Lipinski definition) is 4. The topological polar surface area (TPSA) is 77.2 Å². The van der Waals surface area contributed by atoms with Crippen LogP contribution in [-0.4, -0.2) is 10.9 Å². The first-order valence-electron chi connectivity index (χ1n) is 4.98. The maximum absolute atomic E-state index is 11.8. The molecule has 0 saturated carbocycles. The van der Waals surface area contributed by atoms with E-state index in [4.69, 9.17) is 5.90 Å². The molecule has 86 valence electrons. The minimum absolute atomic E-state index is 0.239. The first kappa shape index (κ1) is 11.1. The molecule has 0 radical (unpaired) electrons. The smallest absolute Gasteiger partial charge is 0.255 e. The van der Waals surface area contributed by atoms with Crippen molar-refractivity contribution < 1.29 is 9.63 Å². The van der Waals surface area contributed by atoms with Gasteiger partial charge in [-0.2, -0.15) is 5.90 Å². The van der Waals surface area contributed by atoms with Gasteiger partial charge in [0.05, 0.1) is 11.9 Å². The monoisotopic (exact) mass is 229 g/mol. The van der Waals surface area contributed by atoms with Gasteiger partial charge in [-0.3, -0.25) is 9.78 Å². The average Bonchev–Trinajstić information content (AvgIpc) is 2.40. The van der Waals surface area contributed by atoms with E-state index in [-0.39, 0.29) is 5.91 Å². The summed E-state index contributed by atoms with van der Waals surface area (Å²) in [6.45, 7) is 0. The van der Waals surface area contributed by atoms with Gasteiger partial charge in [-0.05, 0) is 30.3 Å². The standard InChI is InChI=1S/C12H11N3O2/c13-17-11-5-1-3-9(7-11)12(16)15-10-4-2-6-14-8-10/h1-8H,13H2,(H,15,16). The van der Waals surface area contributed by atoms with Crippen LogP contribution >= 0.6 is 0 Å². The van der Waals surface area contributed by atoms with E-state index in [0.717, 1.165) is 0 Å². The third-order valence-electron chi connectivity index (χ3n) is 2.15. The molecule has 0 saturated heterocycles. The van der Waals surface area contributed by atoms with Gasteiger partial charge >= 0.3 is 0 Å². The van der Waals surface area contributed by atoms with Crippen molar-refractivity contribution in [2.75, 3.05) is 5.32 Å². The van der Waals surface area contributed by atoms with E-state index in [1.807, 2.05) is 0 Å². The summed E-state index contributed by atoms with van der Waals surface area (Å²) < 4.78 is 0. The fourth-order valence-electron chi connectivity index (χ4n) is 1.35. The van der Waals surface area contributed by atoms with Gasteiger partial charge in [-0.1, -0.05) is 6.07 Å². The number of carbonyl (C=O) groups excluding carboxylic acids is 1. The molecule has 1 aromatic heterocycles. The van der Waals surface area contributed by atoms with Gasteiger partial charge in [0.1, 0.15) is 5.75 Å². The Hall–Kier alpha value is -2.40. The molecule has 0 aliphatic carbocycles. The van der Waals surface area contributed by atoms with Crippen LogP contribution in [0, 0.1) is 0 Å². The third kappa shape index (κ3) is 2.79. The summed E-state index contributed by atoms with van der Waals surface area (Å²) in [6.07, 6.45) is 3.21. The molecule has 0 aliphatic rings. The lowest BCUT2D eigenvalue weighted by Gasteiger charge is -2.05. The van der Waals surface area contributed by atoms with E-state index in [9.17, 15) is 4.79 Å². The van der Waals surface area contributed by atoms with Gasteiger partial charge in [-0.15, -0.1) is 0 Å². The quantitative estimate of drug-likeness (QED) is 0.783. The molecule has 0 atom stereocenters. The Kier molecular flexibility index (Phi) is 3.32. The number of carbonyl (C=O) groups is 1. The molecule has 0 spiro atoms. The number of benzene rings is 1. The lowest BCUT2D eigenvalue weighted by Crippen LogP contribution is -2.12. The Bertz CT molecular complexity index is 514. The van der Waals surface area contributed by atoms with Gasteiger partial charge in [0.15, 0.2) is 0 Å². The third-order valence-corrected chi connectivity index (χ3v) is 2.15. The number of amides is 1.